The van der Waals surface area contributed by atoms with Gasteiger partial charge in [-0.2, -0.15) is 0 Å². The summed E-state index contributed by atoms with van der Waals surface area (Å²) in [6.07, 6.45) is 13.8. The van der Waals surface area contributed by atoms with Crippen LogP contribution >= 0.6 is 0 Å². The Kier molecular flexibility index (Phi) is 3.38. The van der Waals surface area contributed by atoms with E-state index in [4.69, 9.17) is 0 Å². The van der Waals surface area contributed by atoms with Crippen molar-refractivity contribution in [2.75, 3.05) is 0 Å². The minimum Gasteiger partial charge on any atom is -0.0757 e. The zero-order valence-electron chi connectivity index (χ0n) is 18.3. The molecule has 0 N–H and O–H groups in total. The largest absolute Gasteiger partial charge is 0.0757 e. The maximum absolute atomic E-state index is 2.49. The fraction of sp³-hybridized carbons (Fsp3) is 0.0909. The number of rotatable bonds is 2. The van der Waals surface area contributed by atoms with E-state index in [0.717, 1.165) is 12.8 Å². The Labute approximate surface area is 193 Å². The van der Waals surface area contributed by atoms with E-state index in [1.54, 1.807) is 0 Å². The highest BCUT2D eigenvalue weighted by Gasteiger charge is 2.33. The quantitative estimate of drug-likeness (QED) is 0.253. The van der Waals surface area contributed by atoms with Crippen LogP contribution in [0.25, 0.3) is 38.4 Å². The molecule has 0 amide bonds. The van der Waals surface area contributed by atoms with Gasteiger partial charge in [0.1, 0.15) is 0 Å². The molecule has 0 aliphatic heterocycles. The standard InChI is InChI=1S/C33H22/c1-3-20-7-9-24-11-13-26(28-17-15-22(5-1)30(20)32(24)28)19-27-14-12-25-10-8-21-4-2-6-23-16-18-29(27)33(25)31(21)23/h1-15,17-18,33H,16,19H2. The second-order valence-electron chi connectivity index (χ2n) is 9.67. The van der Waals surface area contributed by atoms with Gasteiger partial charge in [-0.25, -0.2) is 0 Å². The average molecular weight is 419 g/mol. The molecule has 0 radical (unpaired) electrons. The first kappa shape index (κ1) is 17.6. The third kappa shape index (κ3) is 2.36. The number of hydrogen-bond donors (Lipinski definition) is 0. The van der Waals surface area contributed by atoms with E-state index >= 15 is 0 Å². The zero-order chi connectivity index (χ0) is 21.5. The highest BCUT2D eigenvalue weighted by atomic mass is 14.4. The van der Waals surface area contributed by atoms with E-state index in [9.17, 15) is 0 Å². The highest BCUT2D eigenvalue weighted by Crippen LogP contribution is 2.49. The monoisotopic (exact) mass is 418 g/mol. The molecule has 0 bridgehead atoms. The minimum absolute atomic E-state index is 0.398. The molecule has 5 aromatic rings. The average Bonchev–Trinajstić information content (AvgIpc) is 2.87. The van der Waals surface area contributed by atoms with Crippen molar-refractivity contribution in [3.8, 4) is 0 Å². The topological polar surface area (TPSA) is 0 Å². The van der Waals surface area contributed by atoms with E-state index in [-0.39, 0.29) is 0 Å². The maximum Gasteiger partial charge on any atom is 0.0348 e. The first-order valence-electron chi connectivity index (χ1n) is 11.9. The van der Waals surface area contributed by atoms with Crippen molar-refractivity contribution >= 4 is 38.4 Å². The van der Waals surface area contributed by atoms with Crippen LogP contribution in [-0.4, -0.2) is 0 Å². The first-order valence-corrected chi connectivity index (χ1v) is 11.9. The van der Waals surface area contributed by atoms with E-state index < -0.39 is 0 Å². The number of benzene rings is 5. The van der Waals surface area contributed by atoms with E-state index in [0.29, 0.717) is 5.92 Å². The lowest BCUT2D eigenvalue weighted by molar-refractivity contribution is 0.859. The van der Waals surface area contributed by atoms with Gasteiger partial charge in [0, 0.05) is 5.92 Å². The van der Waals surface area contributed by atoms with Gasteiger partial charge in [0.25, 0.3) is 0 Å². The molecule has 1 atom stereocenters. The molecule has 5 aromatic carbocycles. The maximum atomic E-state index is 2.49. The van der Waals surface area contributed by atoms with Crippen molar-refractivity contribution in [3.63, 3.8) is 0 Å². The molecule has 0 saturated heterocycles. The van der Waals surface area contributed by atoms with E-state index in [1.807, 2.05) is 0 Å². The molecule has 0 saturated carbocycles. The van der Waals surface area contributed by atoms with Gasteiger partial charge in [0.05, 0.1) is 0 Å². The van der Waals surface area contributed by atoms with Crippen molar-refractivity contribution in [1.29, 1.82) is 0 Å². The lowest BCUT2D eigenvalue weighted by Crippen LogP contribution is -2.20. The molecule has 3 aliphatic rings. The summed E-state index contributed by atoms with van der Waals surface area (Å²) in [5.74, 6) is 0.398. The Bertz CT molecular complexity index is 1740. The van der Waals surface area contributed by atoms with E-state index in [1.165, 1.54) is 71.3 Å². The van der Waals surface area contributed by atoms with Gasteiger partial charge in [0.2, 0.25) is 0 Å². The van der Waals surface area contributed by atoms with Gasteiger partial charge in [-0.1, -0.05) is 103 Å². The zero-order valence-corrected chi connectivity index (χ0v) is 18.3. The van der Waals surface area contributed by atoms with Crippen molar-refractivity contribution in [1.82, 2.24) is 0 Å². The first-order chi connectivity index (χ1) is 16.3. The van der Waals surface area contributed by atoms with Crippen LogP contribution in [0, 0.1) is 0 Å². The highest BCUT2D eigenvalue weighted by molar-refractivity contribution is 6.23. The van der Waals surface area contributed by atoms with Crippen LogP contribution in [0.4, 0.5) is 0 Å². The third-order valence-corrected chi connectivity index (χ3v) is 8.01. The summed E-state index contributed by atoms with van der Waals surface area (Å²) in [5, 5.41) is 8.23. The SMILES string of the molecule is C1=Cc2cccc3c2C2C1=CC=C(Cc1ccc4ccc5cccc6ccc1c4c56)C2=CC3. The molecule has 33 heavy (non-hydrogen) atoms. The number of hydrogen-bond acceptors (Lipinski definition) is 0. The molecular weight excluding hydrogens is 396 g/mol. The lowest BCUT2D eigenvalue weighted by Gasteiger charge is -2.35. The fourth-order valence-electron chi connectivity index (χ4n) is 6.51. The molecule has 0 spiro atoms. The molecule has 1 unspecified atom stereocenters. The Morgan fingerprint density at radius 2 is 1.48 bits per heavy atom. The van der Waals surface area contributed by atoms with Crippen LogP contribution in [0.15, 0.2) is 114 Å². The molecule has 0 aromatic heterocycles. The molecule has 8 rings (SSSR count). The van der Waals surface area contributed by atoms with Crippen molar-refractivity contribution < 1.29 is 0 Å². The summed E-state index contributed by atoms with van der Waals surface area (Å²) in [6, 6.07) is 27.3. The van der Waals surface area contributed by atoms with Gasteiger partial charge in [-0.05, 0) is 84.1 Å². The Balaban J connectivity index is 1.30. The van der Waals surface area contributed by atoms with Gasteiger partial charge in [-0.15, -0.1) is 0 Å². The second-order valence-corrected chi connectivity index (χ2v) is 9.67. The van der Waals surface area contributed by atoms with Crippen molar-refractivity contribution in [3.05, 3.63) is 136 Å². The normalized spacial score (nSPS) is 18.4. The Morgan fingerprint density at radius 3 is 2.39 bits per heavy atom. The lowest BCUT2D eigenvalue weighted by atomic mass is 9.68. The van der Waals surface area contributed by atoms with Crippen LogP contribution in [0.5, 0.6) is 0 Å². The van der Waals surface area contributed by atoms with Gasteiger partial charge in [0.15, 0.2) is 0 Å². The van der Waals surface area contributed by atoms with Crippen LogP contribution in [0.2, 0.25) is 0 Å². The Morgan fingerprint density at radius 1 is 0.697 bits per heavy atom. The summed E-state index contributed by atoms with van der Waals surface area (Å²) < 4.78 is 0. The fourth-order valence-corrected chi connectivity index (χ4v) is 6.51. The Hall–Kier alpha value is -3.90. The van der Waals surface area contributed by atoms with Crippen molar-refractivity contribution in [2.45, 2.75) is 18.8 Å². The third-order valence-electron chi connectivity index (χ3n) is 8.01. The summed E-state index contributed by atoms with van der Waals surface area (Å²) in [6.45, 7) is 0. The molecule has 0 fully saturated rings. The predicted molar refractivity (Wildman–Crippen MR) is 140 cm³/mol. The molecule has 0 heterocycles. The molecule has 0 heteroatoms. The van der Waals surface area contributed by atoms with Crippen LogP contribution in [-0.2, 0) is 12.8 Å². The van der Waals surface area contributed by atoms with Crippen LogP contribution in [0.3, 0.4) is 0 Å². The molecule has 154 valence electrons. The van der Waals surface area contributed by atoms with E-state index in [2.05, 4.69) is 103 Å². The van der Waals surface area contributed by atoms with Crippen molar-refractivity contribution in [2.24, 2.45) is 0 Å². The summed E-state index contributed by atoms with van der Waals surface area (Å²) in [5.41, 5.74) is 10.3. The van der Waals surface area contributed by atoms with Gasteiger partial charge >= 0.3 is 0 Å². The van der Waals surface area contributed by atoms with Crippen LogP contribution < -0.4 is 0 Å². The van der Waals surface area contributed by atoms with Gasteiger partial charge < -0.3 is 0 Å². The summed E-state index contributed by atoms with van der Waals surface area (Å²) >= 11 is 0. The second kappa shape index (κ2) is 6.33. The molecule has 3 aliphatic carbocycles. The van der Waals surface area contributed by atoms with Crippen LogP contribution in [0.1, 0.15) is 28.2 Å². The molecule has 0 nitrogen and oxygen atoms in total. The summed E-state index contributed by atoms with van der Waals surface area (Å²) in [4.78, 5) is 0. The minimum atomic E-state index is 0.398. The smallest absolute Gasteiger partial charge is 0.0348 e. The van der Waals surface area contributed by atoms with Gasteiger partial charge in [-0.3, -0.25) is 0 Å². The summed E-state index contributed by atoms with van der Waals surface area (Å²) in [7, 11) is 0. The molecular formula is C33H22. The predicted octanol–water partition coefficient (Wildman–Crippen LogP) is 8.29. The number of allylic oxidation sites excluding steroid dienone is 7.